The zero-order valence-electron chi connectivity index (χ0n) is 15.4. The second-order valence-corrected chi connectivity index (χ2v) is 6.55. The van der Waals surface area contributed by atoms with Gasteiger partial charge >= 0.3 is 0 Å². The van der Waals surface area contributed by atoms with Crippen molar-refractivity contribution in [2.75, 3.05) is 6.61 Å². The van der Waals surface area contributed by atoms with E-state index in [0.29, 0.717) is 6.61 Å². The molecule has 134 valence electrons. The Morgan fingerprint density at radius 3 is 2.29 bits per heavy atom. The van der Waals surface area contributed by atoms with Gasteiger partial charge in [-0.3, -0.25) is 0 Å². The molecule has 1 aromatic carbocycles. The van der Waals surface area contributed by atoms with Crippen LogP contribution in [0.5, 0.6) is 0 Å². The smallest absolute Gasteiger partial charge is 0.152 e. The minimum Gasteiger partial charge on any atom is -0.357 e. The Bertz CT molecular complexity index is 567. The van der Waals surface area contributed by atoms with Crippen LogP contribution in [0.25, 0.3) is 11.0 Å². The van der Waals surface area contributed by atoms with Gasteiger partial charge < -0.3 is 4.74 Å². The number of hydrogen-bond acceptors (Lipinski definition) is 3. The Labute approximate surface area is 146 Å². The predicted molar refractivity (Wildman–Crippen MR) is 100 cm³/mol. The van der Waals surface area contributed by atoms with Crippen molar-refractivity contribution in [3.63, 3.8) is 0 Å². The number of fused-ring (bicyclic) bond motifs is 1. The Kier molecular flexibility index (Phi) is 8.82. The summed E-state index contributed by atoms with van der Waals surface area (Å²) in [7, 11) is 0. The molecule has 0 saturated heterocycles. The van der Waals surface area contributed by atoms with Crippen LogP contribution in [0.15, 0.2) is 24.3 Å². The molecule has 0 amide bonds. The highest BCUT2D eigenvalue weighted by atomic mass is 16.5. The lowest BCUT2D eigenvalue weighted by Gasteiger charge is -2.17. The Balaban J connectivity index is 1.72. The molecule has 0 radical (unpaired) electrons. The number of rotatable bonds is 13. The maximum atomic E-state index is 5.93. The van der Waals surface area contributed by atoms with Gasteiger partial charge in [0.1, 0.15) is 5.52 Å². The van der Waals surface area contributed by atoms with E-state index in [2.05, 4.69) is 23.3 Å². The molecule has 24 heavy (non-hydrogen) atoms. The summed E-state index contributed by atoms with van der Waals surface area (Å²) in [5, 5.41) is 8.56. The zero-order chi connectivity index (χ0) is 17.0. The van der Waals surface area contributed by atoms with Crippen LogP contribution in [0.2, 0.25) is 0 Å². The predicted octanol–water partition coefficient (Wildman–Crippen LogP) is 5.89. The maximum Gasteiger partial charge on any atom is 0.152 e. The van der Waals surface area contributed by atoms with Crippen molar-refractivity contribution < 1.29 is 4.74 Å². The summed E-state index contributed by atoms with van der Waals surface area (Å²) in [6.45, 7) is 5.02. The number of nitrogens with zero attached hydrogens (tertiary/aromatic N) is 3. The molecule has 0 bridgehead atoms. The first-order chi connectivity index (χ1) is 11.9. The van der Waals surface area contributed by atoms with E-state index >= 15 is 0 Å². The first-order valence-corrected chi connectivity index (χ1v) is 9.78. The van der Waals surface area contributed by atoms with Crippen molar-refractivity contribution in [2.24, 2.45) is 0 Å². The minimum atomic E-state index is 0.00644. The number of benzene rings is 1. The Hall–Kier alpha value is -1.42. The van der Waals surface area contributed by atoms with Crippen LogP contribution in [-0.2, 0) is 4.74 Å². The molecule has 1 heterocycles. The third-order valence-corrected chi connectivity index (χ3v) is 4.56. The molecule has 0 aliphatic heterocycles. The van der Waals surface area contributed by atoms with E-state index in [1.807, 2.05) is 29.8 Å². The lowest BCUT2D eigenvalue weighted by Crippen LogP contribution is -2.14. The zero-order valence-corrected chi connectivity index (χ0v) is 15.4. The lowest BCUT2D eigenvalue weighted by atomic mass is 10.1. The van der Waals surface area contributed by atoms with E-state index in [4.69, 9.17) is 4.74 Å². The molecule has 0 N–H and O–H groups in total. The van der Waals surface area contributed by atoms with Crippen molar-refractivity contribution in [3.05, 3.63) is 24.3 Å². The molecule has 0 spiro atoms. The van der Waals surface area contributed by atoms with Gasteiger partial charge in [0.25, 0.3) is 0 Å². The second-order valence-electron chi connectivity index (χ2n) is 6.55. The Morgan fingerprint density at radius 1 is 0.917 bits per heavy atom. The number of ether oxygens (including phenoxy) is 1. The first-order valence-electron chi connectivity index (χ1n) is 9.78. The van der Waals surface area contributed by atoms with E-state index in [0.717, 1.165) is 17.5 Å². The number of unbranched alkanes of at least 4 members (excludes halogenated alkanes) is 8. The van der Waals surface area contributed by atoms with Gasteiger partial charge in [-0.25, -0.2) is 4.68 Å². The van der Waals surface area contributed by atoms with Gasteiger partial charge in [-0.15, -0.1) is 5.10 Å². The van der Waals surface area contributed by atoms with Crippen molar-refractivity contribution in [3.8, 4) is 0 Å². The van der Waals surface area contributed by atoms with Gasteiger partial charge in [0, 0.05) is 6.61 Å². The summed E-state index contributed by atoms with van der Waals surface area (Å²) in [6, 6.07) is 8.10. The summed E-state index contributed by atoms with van der Waals surface area (Å²) in [4.78, 5) is 0. The van der Waals surface area contributed by atoms with Crippen LogP contribution in [-0.4, -0.2) is 21.6 Å². The van der Waals surface area contributed by atoms with Gasteiger partial charge in [0.15, 0.2) is 6.23 Å². The molecule has 1 atom stereocenters. The van der Waals surface area contributed by atoms with E-state index < -0.39 is 0 Å². The molecule has 0 aliphatic rings. The highest BCUT2D eigenvalue weighted by Crippen LogP contribution is 2.22. The number of para-hydroxylation sites is 1. The van der Waals surface area contributed by atoms with Gasteiger partial charge in [-0.05, 0) is 31.9 Å². The fourth-order valence-electron chi connectivity index (χ4n) is 3.20. The third kappa shape index (κ3) is 5.90. The molecule has 4 nitrogen and oxygen atoms in total. The van der Waals surface area contributed by atoms with Crippen LogP contribution in [0.3, 0.4) is 0 Å². The highest BCUT2D eigenvalue weighted by molar-refractivity contribution is 5.73. The molecular formula is C20H33N3O. The molecular weight excluding hydrogens is 298 g/mol. The van der Waals surface area contributed by atoms with Gasteiger partial charge in [0.2, 0.25) is 0 Å². The monoisotopic (exact) mass is 331 g/mol. The van der Waals surface area contributed by atoms with Crippen molar-refractivity contribution in [2.45, 2.75) is 84.3 Å². The largest absolute Gasteiger partial charge is 0.357 e. The lowest BCUT2D eigenvalue weighted by molar-refractivity contribution is -0.00431. The van der Waals surface area contributed by atoms with Crippen LogP contribution in [0.1, 0.15) is 84.3 Å². The first kappa shape index (κ1) is 18.9. The van der Waals surface area contributed by atoms with E-state index in [9.17, 15) is 0 Å². The molecule has 0 fully saturated rings. The highest BCUT2D eigenvalue weighted by Gasteiger charge is 2.15. The number of aromatic nitrogens is 3. The van der Waals surface area contributed by atoms with E-state index in [1.165, 1.54) is 57.8 Å². The molecule has 2 rings (SSSR count). The normalized spacial score (nSPS) is 12.8. The number of hydrogen-bond donors (Lipinski definition) is 0. The standard InChI is InChI=1S/C20H33N3O/c1-3-5-6-7-8-9-10-11-12-17-20(24-4-2)23-19-16-14-13-15-18(19)21-22-23/h13-16,20H,3-12,17H2,1-2H3. The molecule has 1 aromatic heterocycles. The molecule has 4 heteroatoms. The minimum absolute atomic E-state index is 0.00644. The fourth-order valence-corrected chi connectivity index (χ4v) is 3.20. The molecule has 1 unspecified atom stereocenters. The van der Waals surface area contributed by atoms with Crippen molar-refractivity contribution in [1.82, 2.24) is 15.0 Å². The summed E-state index contributed by atoms with van der Waals surface area (Å²) in [5.74, 6) is 0. The summed E-state index contributed by atoms with van der Waals surface area (Å²) in [5.41, 5.74) is 2.00. The maximum absolute atomic E-state index is 5.93. The van der Waals surface area contributed by atoms with Gasteiger partial charge in [-0.1, -0.05) is 75.6 Å². The Morgan fingerprint density at radius 2 is 1.58 bits per heavy atom. The van der Waals surface area contributed by atoms with Crippen LogP contribution in [0, 0.1) is 0 Å². The average Bonchev–Trinajstić information content (AvgIpc) is 3.03. The summed E-state index contributed by atoms with van der Waals surface area (Å²) >= 11 is 0. The van der Waals surface area contributed by atoms with E-state index in [-0.39, 0.29) is 6.23 Å². The SMILES string of the molecule is CCCCCCCCCCCC(OCC)n1nnc2ccccc21. The average molecular weight is 332 g/mol. The quantitative estimate of drug-likeness (QED) is 0.430. The topological polar surface area (TPSA) is 39.9 Å². The molecule has 2 aromatic rings. The molecule has 0 saturated carbocycles. The van der Waals surface area contributed by atoms with Crippen molar-refractivity contribution >= 4 is 11.0 Å². The second kappa shape index (κ2) is 11.2. The third-order valence-electron chi connectivity index (χ3n) is 4.56. The van der Waals surface area contributed by atoms with Gasteiger partial charge in [0.05, 0.1) is 5.52 Å². The summed E-state index contributed by atoms with van der Waals surface area (Å²) in [6.07, 6.45) is 13.1. The van der Waals surface area contributed by atoms with Crippen LogP contribution in [0.4, 0.5) is 0 Å². The fraction of sp³-hybridized carbons (Fsp3) is 0.700. The van der Waals surface area contributed by atoms with E-state index in [1.54, 1.807) is 0 Å². The van der Waals surface area contributed by atoms with Crippen molar-refractivity contribution in [1.29, 1.82) is 0 Å². The molecule has 0 aliphatic carbocycles. The van der Waals surface area contributed by atoms with Crippen LogP contribution < -0.4 is 0 Å². The van der Waals surface area contributed by atoms with Gasteiger partial charge in [-0.2, -0.15) is 0 Å². The summed E-state index contributed by atoms with van der Waals surface area (Å²) < 4.78 is 7.87. The van der Waals surface area contributed by atoms with Crippen LogP contribution >= 0.6 is 0 Å².